The van der Waals surface area contributed by atoms with Gasteiger partial charge in [0.05, 0.1) is 30.5 Å². The third-order valence-electron chi connectivity index (χ3n) is 3.26. The molecule has 0 aliphatic carbocycles. The molecule has 2 heterocycles. The molecule has 0 atom stereocenters. The van der Waals surface area contributed by atoms with Gasteiger partial charge in [-0.15, -0.1) is 11.3 Å². The van der Waals surface area contributed by atoms with Crippen LogP contribution in [0.15, 0.2) is 5.38 Å². The number of carbonyl (C=O) groups excluding carboxylic acids is 1. The van der Waals surface area contributed by atoms with Crippen LogP contribution in [-0.4, -0.2) is 60.6 Å². The van der Waals surface area contributed by atoms with E-state index in [-0.39, 0.29) is 5.91 Å². The number of likely N-dealkylation sites (N-methyl/N-ethyl adjacent to an activating group) is 1. The van der Waals surface area contributed by atoms with Gasteiger partial charge in [0, 0.05) is 25.0 Å². The van der Waals surface area contributed by atoms with Crippen molar-refractivity contribution >= 4 is 17.2 Å². The summed E-state index contributed by atoms with van der Waals surface area (Å²) in [5, 5.41) is 3.29. The van der Waals surface area contributed by atoms with Crippen LogP contribution in [0.4, 0.5) is 0 Å². The lowest BCUT2D eigenvalue weighted by Gasteiger charge is -2.28. The topological polar surface area (TPSA) is 45.7 Å². The second-order valence-electron chi connectivity index (χ2n) is 5.15. The van der Waals surface area contributed by atoms with Crippen molar-refractivity contribution in [2.24, 2.45) is 0 Å². The van der Waals surface area contributed by atoms with Crippen LogP contribution in [0.3, 0.4) is 0 Å². The SMILES string of the molecule is CCCc1nc(CN(C)CC(=O)N2CCOCC2)cs1. The number of hydrogen-bond donors (Lipinski definition) is 0. The predicted octanol–water partition coefficient (Wildman–Crippen LogP) is 1.39. The van der Waals surface area contributed by atoms with Crippen LogP contribution in [0.1, 0.15) is 24.0 Å². The highest BCUT2D eigenvalue weighted by molar-refractivity contribution is 7.09. The zero-order chi connectivity index (χ0) is 14.4. The quantitative estimate of drug-likeness (QED) is 0.796. The molecule has 1 aliphatic rings. The Bertz CT molecular complexity index is 430. The smallest absolute Gasteiger partial charge is 0.236 e. The first-order chi connectivity index (χ1) is 9.69. The standard InChI is InChI=1S/C14H23N3O2S/c1-3-4-13-15-12(11-20-13)9-16(2)10-14(18)17-5-7-19-8-6-17/h11H,3-10H2,1-2H3. The Balaban J connectivity index is 1.78. The van der Waals surface area contributed by atoms with Crippen LogP contribution >= 0.6 is 11.3 Å². The van der Waals surface area contributed by atoms with Crippen LogP contribution in [0.5, 0.6) is 0 Å². The number of aromatic nitrogens is 1. The molecule has 0 radical (unpaired) electrons. The second kappa shape index (κ2) is 7.71. The number of rotatable bonds is 6. The number of hydrogen-bond acceptors (Lipinski definition) is 5. The molecule has 1 aliphatic heterocycles. The lowest BCUT2D eigenvalue weighted by molar-refractivity contribution is -0.136. The van der Waals surface area contributed by atoms with E-state index in [1.54, 1.807) is 11.3 Å². The van der Waals surface area contributed by atoms with Gasteiger partial charge in [0.15, 0.2) is 0 Å². The molecule has 1 saturated heterocycles. The van der Waals surface area contributed by atoms with Crippen molar-refractivity contribution in [3.8, 4) is 0 Å². The molecular weight excluding hydrogens is 274 g/mol. The van der Waals surface area contributed by atoms with E-state index in [1.165, 1.54) is 5.01 Å². The van der Waals surface area contributed by atoms with E-state index in [4.69, 9.17) is 4.74 Å². The molecule has 1 fully saturated rings. The Morgan fingerprint density at radius 3 is 2.95 bits per heavy atom. The Morgan fingerprint density at radius 1 is 1.50 bits per heavy atom. The first kappa shape index (κ1) is 15.4. The Hall–Kier alpha value is -0.980. The molecular formula is C14H23N3O2S. The van der Waals surface area contributed by atoms with Crippen LogP contribution in [0, 0.1) is 0 Å². The van der Waals surface area contributed by atoms with Crippen molar-refractivity contribution < 1.29 is 9.53 Å². The number of ether oxygens (including phenoxy) is 1. The van der Waals surface area contributed by atoms with Crippen molar-refractivity contribution in [3.05, 3.63) is 16.1 Å². The summed E-state index contributed by atoms with van der Waals surface area (Å²) >= 11 is 1.71. The molecule has 0 spiro atoms. The van der Waals surface area contributed by atoms with E-state index in [9.17, 15) is 4.79 Å². The van der Waals surface area contributed by atoms with Gasteiger partial charge in [-0.3, -0.25) is 9.69 Å². The molecule has 0 unspecified atom stereocenters. The Kier molecular flexibility index (Phi) is 5.94. The van der Waals surface area contributed by atoms with Crippen molar-refractivity contribution in [2.45, 2.75) is 26.3 Å². The Morgan fingerprint density at radius 2 is 2.25 bits per heavy atom. The summed E-state index contributed by atoms with van der Waals surface area (Å²) in [5.41, 5.74) is 1.07. The number of amides is 1. The van der Waals surface area contributed by atoms with Gasteiger partial charge in [-0.1, -0.05) is 6.92 Å². The molecule has 112 valence electrons. The van der Waals surface area contributed by atoms with Crippen molar-refractivity contribution in [3.63, 3.8) is 0 Å². The highest BCUT2D eigenvalue weighted by Gasteiger charge is 2.18. The highest BCUT2D eigenvalue weighted by atomic mass is 32.1. The van der Waals surface area contributed by atoms with Crippen LogP contribution in [-0.2, 0) is 22.5 Å². The molecule has 0 saturated carbocycles. The van der Waals surface area contributed by atoms with Gasteiger partial charge < -0.3 is 9.64 Å². The molecule has 0 bridgehead atoms. The monoisotopic (exact) mass is 297 g/mol. The Labute approximate surface area is 124 Å². The average molecular weight is 297 g/mol. The molecule has 1 aromatic heterocycles. The van der Waals surface area contributed by atoms with Gasteiger partial charge >= 0.3 is 0 Å². The summed E-state index contributed by atoms with van der Waals surface area (Å²) in [6.45, 7) is 6.07. The molecule has 0 aromatic carbocycles. The number of thiazole rings is 1. The fourth-order valence-corrected chi connectivity index (χ4v) is 3.12. The van der Waals surface area contributed by atoms with Gasteiger partial charge in [0.25, 0.3) is 0 Å². The maximum Gasteiger partial charge on any atom is 0.236 e. The molecule has 20 heavy (non-hydrogen) atoms. The van der Waals surface area contributed by atoms with E-state index in [0.717, 1.165) is 25.1 Å². The lowest BCUT2D eigenvalue weighted by atomic mass is 10.3. The maximum atomic E-state index is 12.1. The third kappa shape index (κ3) is 4.54. The van der Waals surface area contributed by atoms with Crippen LogP contribution in [0.25, 0.3) is 0 Å². The number of morpholine rings is 1. The molecule has 0 N–H and O–H groups in total. The number of carbonyl (C=O) groups is 1. The minimum absolute atomic E-state index is 0.180. The van der Waals surface area contributed by atoms with E-state index in [0.29, 0.717) is 32.8 Å². The number of nitrogens with zero attached hydrogens (tertiary/aromatic N) is 3. The highest BCUT2D eigenvalue weighted by Crippen LogP contribution is 2.13. The van der Waals surface area contributed by atoms with E-state index >= 15 is 0 Å². The summed E-state index contributed by atoms with van der Waals surface area (Å²) in [6, 6.07) is 0. The fourth-order valence-electron chi connectivity index (χ4n) is 2.23. The summed E-state index contributed by atoms with van der Waals surface area (Å²) in [7, 11) is 1.97. The molecule has 5 nitrogen and oxygen atoms in total. The lowest BCUT2D eigenvalue weighted by Crippen LogP contribution is -2.44. The van der Waals surface area contributed by atoms with Crippen molar-refractivity contribution in [1.82, 2.24) is 14.8 Å². The van der Waals surface area contributed by atoms with Gasteiger partial charge in [0.1, 0.15) is 0 Å². The summed E-state index contributed by atoms with van der Waals surface area (Å²) in [5.74, 6) is 0.180. The molecule has 1 amide bonds. The predicted molar refractivity (Wildman–Crippen MR) is 79.8 cm³/mol. The summed E-state index contributed by atoms with van der Waals surface area (Å²) in [4.78, 5) is 20.6. The van der Waals surface area contributed by atoms with Crippen LogP contribution in [0.2, 0.25) is 0 Å². The van der Waals surface area contributed by atoms with E-state index < -0.39 is 0 Å². The fraction of sp³-hybridized carbons (Fsp3) is 0.714. The maximum absolute atomic E-state index is 12.1. The van der Waals surface area contributed by atoms with Crippen molar-refractivity contribution in [1.29, 1.82) is 0 Å². The van der Waals surface area contributed by atoms with Crippen LogP contribution < -0.4 is 0 Å². The molecule has 2 rings (SSSR count). The first-order valence-corrected chi connectivity index (χ1v) is 8.04. The minimum atomic E-state index is 0.180. The zero-order valence-corrected chi connectivity index (χ0v) is 13.1. The van der Waals surface area contributed by atoms with Gasteiger partial charge in [-0.2, -0.15) is 0 Å². The van der Waals surface area contributed by atoms with E-state index in [2.05, 4.69) is 17.3 Å². The molecule has 1 aromatic rings. The summed E-state index contributed by atoms with van der Waals surface area (Å²) in [6.07, 6.45) is 2.17. The van der Waals surface area contributed by atoms with Gasteiger partial charge in [-0.25, -0.2) is 4.98 Å². The second-order valence-corrected chi connectivity index (χ2v) is 6.09. The van der Waals surface area contributed by atoms with E-state index in [1.807, 2.05) is 16.8 Å². The third-order valence-corrected chi connectivity index (χ3v) is 4.22. The first-order valence-electron chi connectivity index (χ1n) is 7.16. The minimum Gasteiger partial charge on any atom is -0.378 e. The summed E-state index contributed by atoms with van der Waals surface area (Å²) < 4.78 is 5.26. The molecule has 6 heteroatoms. The van der Waals surface area contributed by atoms with Gasteiger partial charge in [0.2, 0.25) is 5.91 Å². The van der Waals surface area contributed by atoms with Gasteiger partial charge in [-0.05, 0) is 19.9 Å². The largest absolute Gasteiger partial charge is 0.378 e. The van der Waals surface area contributed by atoms with Crippen molar-refractivity contribution in [2.75, 3.05) is 39.9 Å². The average Bonchev–Trinajstić information content (AvgIpc) is 2.87. The number of aryl methyl sites for hydroxylation is 1. The normalized spacial score (nSPS) is 15.8. The zero-order valence-electron chi connectivity index (χ0n) is 12.3.